The zero-order valence-corrected chi connectivity index (χ0v) is 10.4. The molecule has 20 heavy (non-hydrogen) atoms. The first kappa shape index (κ1) is 13.4. The first-order valence-electron chi connectivity index (χ1n) is 6.15. The normalized spacial score (nSPS) is 24.4. The molecule has 0 bridgehead atoms. The van der Waals surface area contributed by atoms with Gasteiger partial charge < -0.3 is 14.8 Å². The van der Waals surface area contributed by atoms with Crippen molar-refractivity contribution >= 4 is 5.91 Å². The summed E-state index contributed by atoms with van der Waals surface area (Å²) in [6, 6.07) is 5.00. The number of carbonyl (C=O) groups excluding carboxylic acids is 1. The summed E-state index contributed by atoms with van der Waals surface area (Å²) in [5.41, 5.74) is 1.80. The van der Waals surface area contributed by atoms with E-state index < -0.39 is 18.6 Å². The zero-order chi connectivity index (χ0) is 14.3. The number of epoxide rings is 2. The van der Waals surface area contributed by atoms with Crippen molar-refractivity contribution in [3.05, 3.63) is 34.9 Å². The van der Waals surface area contributed by atoms with Crippen molar-refractivity contribution in [3.63, 3.8) is 0 Å². The Hall–Kier alpha value is -1.60. The number of alkyl halides is 3. The molecular formula is C13H12F3NO3. The highest BCUT2D eigenvalue weighted by Crippen LogP contribution is 2.36. The van der Waals surface area contributed by atoms with Crippen molar-refractivity contribution in [2.45, 2.75) is 18.4 Å². The number of hydrogen-bond acceptors (Lipinski definition) is 3. The fraction of sp³-hybridized carbons (Fsp3) is 0.462. The van der Waals surface area contributed by atoms with Gasteiger partial charge in [-0.1, -0.05) is 6.07 Å². The Bertz CT molecular complexity index is 506. The van der Waals surface area contributed by atoms with E-state index in [4.69, 9.17) is 9.47 Å². The van der Waals surface area contributed by atoms with Gasteiger partial charge in [0.2, 0.25) is 0 Å². The lowest BCUT2D eigenvalue weighted by Crippen LogP contribution is -2.33. The predicted octanol–water partition coefficient (Wildman–Crippen LogP) is 2.12. The van der Waals surface area contributed by atoms with Crippen LogP contribution in [0.3, 0.4) is 0 Å². The van der Waals surface area contributed by atoms with Gasteiger partial charge in [-0.05, 0) is 23.3 Å². The molecule has 1 aromatic rings. The van der Waals surface area contributed by atoms with Crippen molar-refractivity contribution in [2.24, 2.45) is 0 Å². The molecule has 0 radical (unpaired) electrons. The summed E-state index contributed by atoms with van der Waals surface area (Å²) in [5.74, 6) is -0.744. The number of nitrogens with one attached hydrogen (secondary N) is 1. The third-order valence-electron chi connectivity index (χ3n) is 3.10. The number of halogens is 3. The predicted molar refractivity (Wildman–Crippen MR) is 62.2 cm³/mol. The minimum atomic E-state index is -4.42. The third-order valence-corrected chi connectivity index (χ3v) is 3.10. The number of benzene rings is 1. The average Bonchev–Trinajstić information content (AvgIpc) is 3.27. The second-order valence-corrected chi connectivity index (χ2v) is 4.83. The lowest BCUT2D eigenvalue weighted by molar-refractivity contribution is -0.123. The summed E-state index contributed by atoms with van der Waals surface area (Å²) in [6.45, 7) is -0.206. The van der Waals surface area contributed by atoms with Gasteiger partial charge in [0, 0.05) is 5.56 Å². The fourth-order valence-electron chi connectivity index (χ4n) is 1.94. The summed E-state index contributed by atoms with van der Waals surface area (Å²) < 4.78 is 46.6. The first-order chi connectivity index (χ1) is 9.42. The quantitative estimate of drug-likeness (QED) is 0.863. The van der Waals surface area contributed by atoms with Crippen LogP contribution in [0, 0.1) is 0 Å². The van der Waals surface area contributed by atoms with Crippen LogP contribution in [0.1, 0.15) is 33.7 Å². The van der Waals surface area contributed by atoms with Crippen molar-refractivity contribution < 1.29 is 27.4 Å². The molecular weight excluding hydrogens is 275 g/mol. The molecule has 1 amide bonds. The monoisotopic (exact) mass is 287 g/mol. The Morgan fingerprint density at radius 3 is 2.05 bits per heavy atom. The first-order valence-corrected chi connectivity index (χ1v) is 6.15. The van der Waals surface area contributed by atoms with E-state index in [9.17, 15) is 18.0 Å². The lowest BCUT2D eigenvalue weighted by Gasteiger charge is -2.10. The molecule has 0 saturated carbocycles. The number of hydrogen-bond donors (Lipinski definition) is 1. The van der Waals surface area contributed by atoms with Gasteiger partial charge in [0.15, 0.2) is 0 Å². The Morgan fingerprint density at radius 2 is 1.65 bits per heavy atom. The molecule has 0 aliphatic carbocycles. The highest BCUT2D eigenvalue weighted by molar-refractivity contribution is 5.94. The van der Waals surface area contributed by atoms with Gasteiger partial charge in [-0.2, -0.15) is 13.2 Å². The molecule has 0 spiro atoms. The molecule has 1 N–H and O–H groups in total. The van der Waals surface area contributed by atoms with E-state index >= 15 is 0 Å². The SMILES string of the molecule is O=C(NCC(F)(F)F)c1cc(C2CO2)cc(C2CO2)c1. The van der Waals surface area contributed by atoms with Crippen molar-refractivity contribution in [1.82, 2.24) is 5.32 Å². The number of ether oxygens (including phenoxy) is 2. The van der Waals surface area contributed by atoms with E-state index in [1.165, 1.54) is 0 Å². The smallest absolute Gasteiger partial charge is 0.368 e. The summed E-state index contributed by atoms with van der Waals surface area (Å²) in [5, 5.41) is 1.87. The molecule has 2 heterocycles. The van der Waals surface area contributed by atoms with Crippen molar-refractivity contribution in [2.75, 3.05) is 19.8 Å². The molecule has 108 valence electrons. The highest BCUT2D eigenvalue weighted by atomic mass is 19.4. The van der Waals surface area contributed by atoms with E-state index in [0.717, 1.165) is 11.1 Å². The molecule has 2 aliphatic heterocycles. The average molecular weight is 287 g/mol. The third kappa shape index (κ3) is 3.29. The van der Waals surface area contributed by atoms with Crippen LogP contribution in [-0.4, -0.2) is 31.8 Å². The minimum Gasteiger partial charge on any atom is -0.368 e. The maximum Gasteiger partial charge on any atom is 0.405 e. The molecule has 2 atom stereocenters. The van der Waals surface area contributed by atoms with Crippen LogP contribution in [-0.2, 0) is 9.47 Å². The van der Waals surface area contributed by atoms with Gasteiger partial charge in [-0.3, -0.25) is 4.79 Å². The van der Waals surface area contributed by atoms with E-state index in [1.807, 2.05) is 11.4 Å². The second kappa shape index (κ2) is 4.75. The van der Waals surface area contributed by atoms with Gasteiger partial charge in [0.1, 0.15) is 18.8 Å². The van der Waals surface area contributed by atoms with Crippen LogP contribution >= 0.6 is 0 Å². The highest BCUT2D eigenvalue weighted by Gasteiger charge is 2.32. The number of rotatable bonds is 4. The zero-order valence-electron chi connectivity index (χ0n) is 10.4. The molecule has 2 unspecified atom stereocenters. The Balaban J connectivity index is 1.78. The van der Waals surface area contributed by atoms with E-state index in [1.54, 1.807) is 12.1 Å². The van der Waals surface area contributed by atoms with E-state index in [2.05, 4.69) is 0 Å². The van der Waals surface area contributed by atoms with Gasteiger partial charge in [-0.25, -0.2) is 0 Å². The molecule has 1 aromatic carbocycles. The van der Waals surface area contributed by atoms with Crippen molar-refractivity contribution in [3.8, 4) is 0 Å². The lowest BCUT2D eigenvalue weighted by atomic mass is 10.0. The van der Waals surface area contributed by atoms with Crippen molar-refractivity contribution in [1.29, 1.82) is 0 Å². The van der Waals surface area contributed by atoms with Gasteiger partial charge in [0.05, 0.1) is 13.2 Å². The summed E-state index contributed by atoms with van der Waals surface area (Å²) in [7, 11) is 0. The molecule has 4 nitrogen and oxygen atoms in total. The number of carbonyl (C=O) groups is 1. The molecule has 2 fully saturated rings. The Morgan fingerprint density at radius 1 is 1.15 bits per heavy atom. The van der Waals surface area contributed by atoms with E-state index in [-0.39, 0.29) is 17.8 Å². The van der Waals surface area contributed by atoms with E-state index in [0.29, 0.717) is 13.2 Å². The van der Waals surface area contributed by atoms with Gasteiger partial charge in [-0.15, -0.1) is 0 Å². The second-order valence-electron chi connectivity index (χ2n) is 4.83. The van der Waals surface area contributed by atoms with Crippen LogP contribution in [0.15, 0.2) is 18.2 Å². The molecule has 2 aliphatic rings. The van der Waals surface area contributed by atoms with Gasteiger partial charge >= 0.3 is 6.18 Å². The Labute approximate surface area is 112 Å². The van der Waals surface area contributed by atoms with Gasteiger partial charge in [0.25, 0.3) is 5.91 Å². The fourth-order valence-corrected chi connectivity index (χ4v) is 1.94. The molecule has 7 heteroatoms. The largest absolute Gasteiger partial charge is 0.405 e. The maximum absolute atomic E-state index is 12.1. The standard InChI is InChI=1S/C13H12F3NO3/c14-13(15,16)6-17-12(18)9-2-7(10-4-19-10)1-8(3-9)11-5-20-11/h1-3,10-11H,4-6H2,(H,17,18). The summed E-state index contributed by atoms with van der Waals surface area (Å²) in [6.07, 6.45) is -4.55. The summed E-state index contributed by atoms with van der Waals surface area (Å²) in [4.78, 5) is 11.8. The molecule has 2 saturated heterocycles. The number of amides is 1. The molecule has 3 rings (SSSR count). The van der Waals surface area contributed by atoms with Crippen LogP contribution < -0.4 is 5.32 Å². The summed E-state index contributed by atoms with van der Waals surface area (Å²) >= 11 is 0. The minimum absolute atomic E-state index is 0.0668. The Kier molecular flexibility index (Phi) is 3.18. The van der Waals surface area contributed by atoms with Crippen LogP contribution in [0.4, 0.5) is 13.2 Å². The van der Waals surface area contributed by atoms with Crippen LogP contribution in [0.2, 0.25) is 0 Å². The van der Waals surface area contributed by atoms with Crippen LogP contribution in [0.5, 0.6) is 0 Å². The topological polar surface area (TPSA) is 54.2 Å². The maximum atomic E-state index is 12.1. The molecule has 0 aromatic heterocycles. The van der Waals surface area contributed by atoms with Crippen LogP contribution in [0.25, 0.3) is 0 Å².